The van der Waals surface area contributed by atoms with Crippen LogP contribution in [0.15, 0.2) is 59.1 Å². The molecule has 0 heterocycles. The quantitative estimate of drug-likeness (QED) is 0.706. The first-order valence-electron chi connectivity index (χ1n) is 6.98. The van der Waals surface area contributed by atoms with Crippen LogP contribution in [0.5, 0.6) is 0 Å². The second-order valence-corrected chi connectivity index (χ2v) is 5.83. The van der Waals surface area contributed by atoms with Crippen molar-refractivity contribution in [3.8, 4) is 0 Å². The summed E-state index contributed by atoms with van der Waals surface area (Å²) in [6.07, 6.45) is 0.654. The molecule has 0 aromatic heterocycles. The molecule has 2 aromatic rings. The van der Waals surface area contributed by atoms with Crippen LogP contribution in [0.3, 0.4) is 0 Å². The number of rotatable bonds is 6. The van der Waals surface area contributed by atoms with Gasteiger partial charge in [-0.3, -0.25) is 9.59 Å². The summed E-state index contributed by atoms with van der Waals surface area (Å²) in [5.41, 5.74) is 1.55. The van der Waals surface area contributed by atoms with Crippen LogP contribution in [0, 0.1) is 0 Å². The van der Waals surface area contributed by atoms with Crippen LogP contribution in [0.4, 0.5) is 0 Å². The fourth-order valence-corrected chi connectivity index (χ4v) is 2.55. The first-order valence-corrected chi connectivity index (χ1v) is 7.77. The molecular formula is C18H17BrO2. The second kappa shape index (κ2) is 7.32. The normalized spacial score (nSPS) is 11.9. The molecule has 0 spiro atoms. The van der Waals surface area contributed by atoms with Gasteiger partial charge in [-0.05, 0) is 17.7 Å². The average molecular weight is 345 g/mol. The van der Waals surface area contributed by atoms with Gasteiger partial charge in [0.05, 0.1) is 0 Å². The number of carbonyl (C=O) groups excluding carboxylic acids is 2. The maximum Gasteiger partial charge on any atom is 0.163 e. The Morgan fingerprint density at radius 3 is 2.19 bits per heavy atom. The van der Waals surface area contributed by atoms with Crippen molar-refractivity contribution < 1.29 is 9.59 Å². The van der Waals surface area contributed by atoms with Crippen LogP contribution in [-0.4, -0.2) is 11.6 Å². The lowest BCUT2D eigenvalue weighted by Gasteiger charge is -2.15. The van der Waals surface area contributed by atoms with E-state index in [-0.39, 0.29) is 23.9 Å². The van der Waals surface area contributed by atoms with Gasteiger partial charge in [0.1, 0.15) is 5.78 Å². The Morgan fingerprint density at radius 2 is 1.62 bits per heavy atom. The molecule has 1 atom stereocenters. The second-order valence-electron chi connectivity index (χ2n) is 4.92. The van der Waals surface area contributed by atoms with Gasteiger partial charge in [0, 0.05) is 28.8 Å². The monoisotopic (exact) mass is 344 g/mol. The maximum absolute atomic E-state index is 12.4. The van der Waals surface area contributed by atoms with E-state index in [4.69, 9.17) is 0 Å². The smallest absolute Gasteiger partial charge is 0.163 e. The van der Waals surface area contributed by atoms with Gasteiger partial charge in [-0.2, -0.15) is 0 Å². The molecule has 1 unspecified atom stereocenters. The Balaban J connectivity index is 2.23. The molecule has 3 heteroatoms. The molecule has 0 aliphatic rings. The lowest BCUT2D eigenvalue weighted by atomic mass is 9.87. The van der Waals surface area contributed by atoms with Gasteiger partial charge in [0.25, 0.3) is 0 Å². The minimum Gasteiger partial charge on any atom is -0.299 e. The molecule has 0 fully saturated rings. The third-order valence-electron chi connectivity index (χ3n) is 3.49. The van der Waals surface area contributed by atoms with Gasteiger partial charge >= 0.3 is 0 Å². The van der Waals surface area contributed by atoms with Crippen molar-refractivity contribution in [3.63, 3.8) is 0 Å². The van der Waals surface area contributed by atoms with E-state index in [1.165, 1.54) is 0 Å². The maximum atomic E-state index is 12.4. The molecule has 0 radical (unpaired) electrons. The zero-order valence-electron chi connectivity index (χ0n) is 11.9. The molecule has 0 saturated heterocycles. The summed E-state index contributed by atoms with van der Waals surface area (Å²) in [5.74, 6) is -0.261. The van der Waals surface area contributed by atoms with Gasteiger partial charge in [-0.1, -0.05) is 65.3 Å². The standard InChI is InChI=1S/C18H17BrO2/c1-2-17(20)16(13-8-10-15(19)11-9-13)12-18(21)14-6-4-3-5-7-14/h3-11,16H,2,12H2,1H3. The van der Waals surface area contributed by atoms with Gasteiger partial charge in [0.15, 0.2) is 5.78 Å². The van der Waals surface area contributed by atoms with Crippen molar-refractivity contribution in [2.45, 2.75) is 25.7 Å². The summed E-state index contributed by atoms with van der Waals surface area (Å²) in [4.78, 5) is 24.6. The molecule has 0 amide bonds. The minimum absolute atomic E-state index is 0.00492. The summed E-state index contributed by atoms with van der Waals surface area (Å²) >= 11 is 3.38. The van der Waals surface area contributed by atoms with E-state index in [1.54, 1.807) is 12.1 Å². The number of hydrogen-bond donors (Lipinski definition) is 0. The number of Topliss-reactive ketones (excluding diaryl/α,β-unsaturated/α-hetero) is 2. The number of hydrogen-bond acceptors (Lipinski definition) is 2. The Bertz CT molecular complexity index is 617. The first kappa shape index (κ1) is 15.6. The van der Waals surface area contributed by atoms with Crippen molar-refractivity contribution in [1.29, 1.82) is 0 Å². The predicted octanol–water partition coefficient (Wildman–Crippen LogP) is 4.78. The highest BCUT2D eigenvalue weighted by Gasteiger charge is 2.22. The zero-order valence-corrected chi connectivity index (χ0v) is 13.5. The van der Waals surface area contributed by atoms with Crippen LogP contribution in [0.1, 0.15) is 41.6 Å². The molecule has 0 saturated carbocycles. The first-order chi connectivity index (χ1) is 10.1. The molecule has 2 aromatic carbocycles. The topological polar surface area (TPSA) is 34.1 Å². The number of benzene rings is 2. The minimum atomic E-state index is -0.365. The summed E-state index contributed by atoms with van der Waals surface area (Å²) in [6, 6.07) is 16.7. The molecule has 0 aliphatic heterocycles. The molecule has 2 rings (SSSR count). The van der Waals surface area contributed by atoms with Crippen LogP contribution in [0.25, 0.3) is 0 Å². The Morgan fingerprint density at radius 1 is 1.00 bits per heavy atom. The lowest BCUT2D eigenvalue weighted by molar-refractivity contribution is -0.120. The van der Waals surface area contributed by atoms with E-state index in [2.05, 4.69) is 15.9 Å². The SMILES string of the molecule is CCC(=O)C(CC(=O)c1ccccc1)c1ccc(Br)cc1. The van der Waals surface area contributed by atoms with Gasteiger partial charge in [0.2, 0.25) is 0 Å². The molecule has 21 heavy (non-hydrogen) atoms. The van der Waals surface area contributed by atoms with E-state index in [0.717, 1.165) is 10.0 Å². The lowest BCUT2D eigenvalue weighted by Crippen LogP contribution is -2.16. The van der Waals surface area contributed by atoms with E-state index < -0.39 is 0 Å². The van der Waals surface area contributed by atoms with Gasteiger partial charge < -0.3 is 0 Å². The number of ketones is 2. The largest absolute Gasteiger partial charge is 0.299 e. The van der Waals surface area contributed by atoms with Crippen molar-refractivity contribution in [3.05, 3.63) is 70.2 Å². The predicted molar refractivity (Wildman–Crippen MR) is 87.6 cm³/mol. The zero-order chi connectivity index (χ0) is 15.2. The highest BCUT2D eigenvalue weighted by atomic mass is 79.9. The summed E-state index contributed by atoms with van der Waals surface area (Å²) in [5, 5.41) is 0. The summed E-state index contributed by atoms with van der Waals surface area (Å²) in [7, 11) is 0. The summed E-state index contributed by atoms with van der Waals surface area (Å²) < 4.78 is 0.961. The fourth-order valence-electron chi connectivity index (χ4n) is 2.29. The van der Waals surface area contributed by atoms with E-state index in [0.29, 0.717) is 12.0 Å². The van der Waals surface area contributed by atoms with Crippen molar-refractivity contribution in [2.75, 3.05) is 0 Å². The molecule has 0 N–H and O–H groups in total. The highest BCUT2D eigenvalue weighted by molar-refractivity contribution is 9.10. The van der Waals surface area contributed by atoms with Crippen molar-refractivity contribution in [1.82, 2.24) is 0 Å². The van der Waals surface area contributed by atoms with E-state index >= 15 is 0 Å². The molecule has 2 nitrogen and oxygen atoms in total. The third-order valence-corrected chi connectivity index (χ3v) is 4.02. The van der Waals surface area contributed by atoms with Crippen LogP contribution < -0.4 is 0 Å². The Kier molecular flexibility index (Phi) is 5.45. The average Bonchev–Trinajstić information content (AvgIpc) is 2.53. The number of halogens is 1. The van der Waals surface area contributed by atoms with Gasteiger partial charge in [-0.25, -0.2) is 0 Å². The van der Waals surface area contributed by atoms with Crippen LogP contribution in [-0.2, 0) is 4.79 Å². The van der Waals surface area contributed by atoms with Crippen molar-refractivity contribution in [2.24, 2.45) is 0 Å². The van der Waals surface area contributed by atoms with Crippen LogP contribution in [0.2, 0.25) is 0 Å². The molecule has 0 aliphatic carbocycles. The molecular weight excluding hydrogens is 328 g/mol. The van der Waals surface area contributed by atoms with Gasteiger partial charge in [-0.15, -0.1) is 0 Å². The number of carbonyl (C=O) groups is 2. The van der Waals surface area contributed by atoms with Crippen LogP contribution >= 0.6 is 15.9 Å². The van der Waals surface area contributed by atoms with Crippen molar-refractivity contribution >= 4 is 27.5 Å². The highest BCUT2D eigenvalue weighted by Crippen LogP contribution is 2.25. The fraction of sp³-hybridized carbons (Fsp3) is 0.222. The Labute approximate surface area is 133 Å². The molecule has 108 valence electrons. The summed E-state index contributed by atoms with van der Waals surface area (Å²) in [6.45, 7) is 1.83. The third kappa shape index (κ3) is 4.11. The Hall–Kier alpha value is -1.74. The van der Waals surface area contributed by atoms with E-state index in [9.17, 15) is 9.59 Å². The molecule has 0 bridgehead atoms. The van der Waals surface area contributed by atoms with E-state index in [1.807, 2.05) is 49.4 Å².